The highest BCUT2D eigenvalue weighted by molar-refractivity contribution is 5.74. The Morgan fingerprint density at radius 3 is 2.93 bits per heavy atom. The van der Waals surface area contributed by atoms with Gasteiger partial charge in [0, 0.05) is 50.0 Å². The fourth-order valence-corrected chi connectivity index (χ4v) is 4.23. The predicted molar refractivity (Wildman–Crippen MR) is 100 cm³/mol. The number of nitrogens with one attached hydrogen (secondary N) is 2. The lowest BCUT2D eigenvalue weighted by Crippen LogP contribution is -2.51. The molecule has 2 N–H and O–H groups in total. The van der Waals surface area contributed by atoms with Crippen LogP contribution in [0.15, 0.2) is 30.6 Å². The van der Waals surface area contributed by atoms with E-state index in [4.69, 9.17) is 0 Å². The lowest BCUT2D eigenvalue weighted by molar-refractivity contribution is 0.140. The number of aromatic nitrogens is 2. The average molecular weight is 371 g/mol. The number of halogens is 1. The van der Waals surface area contributed by atoms with Gasteiger partial charge >= 0.3 is 6.03 Å². The summed E-state index contributed by atoms with van der Waals surface area (Å²) < 4.78 is 13.8. The highest BCUT2D eigenvalue weighted by Gasteiger charge is 2.37. The van der Waals surface area contributed by atoms with E-state index in [1.165, 1.54) is 6.07 Å². The SMILES string of the molecule is Cc1[nH]cnc1CN1C[C@H]2CC[C@@H](C1)N(C(=O)NCc1ccccc1F)C2. The molecule has 3 fully saturated rings. The highest BCUT2D eigenvalue weighted by Crippen LogP contribution is 2.29. The normalized spacial score (nSPS) is 22.7. The molecule has 27 heavy (non-hydrogen) atoms. The molecule has 0 spiro atoms. The Hall–Kier alpha value is -2.41. The second-order valence-electron chi connectivity index (χ2n) is 7.67. The number of aryl methyl sites for hydroxylation is 1. The maximum Gasteiger partial charge on any atom is 0.317 e. The Morgan fingerprint density at radius 2 is 2.15 bits per heavy atom. The van der Waals surface area contributed by atoms with Gasteiger partial charge in [-0.15, -0.1) is 0 Å². The molecule has 7 heteroatoms. The molecule has 3 aliphatic heterocycles. The van der Waals surface area contributed by atoms with E-state index in [9.17, 15) is 9.18 Å². The van der Waals surface area contributed by atoms with Crippen molar-refractivity contribution in [3.05, 3.63) is 53.4 Å². The number of urea groups is 1. The van der Waals surface area contributed by atoms with Gasteiger partial charge in [0.25, 0.3) is 0 Å². The van der Waals surface area contributed by atoms with Crippen LogP contribution in [0.5, 0.6) is 0 Å². The second-order valence-corrected chi connectivity index (χ2v) is 7.67. The van der Waals surface area contributed by atoms with Gasteiger partial charge < -0.3 is 15.2 Å². The number of amides is 2. The van der Waals surface area contributed by atoms with E-state index in [1.807, 2.05) is 11.8 Å². The Balaban J connectivity index is 1.39. The van der Waals surface area contributed by atoms with Crippen LogP contribution >= 0.6 is 0 Å². The molecule has 1 aromatic heterocycles. The molecule has 144 valence electrons. The van der Waals surface area contributed by atoms with Crippen LogP contribution < -0.4 is 5.32 Å². The first kappa shape index (κ1) is 18.0. The number of benzene rings is 1. The molecule has 2 amide bonds. The molecule has 0 unspecified atom stereocenters. The summed E-state index contributed by atoms with van der Waals surface area (Å²) in [6.07, 6.45) is 3.91. The number of piperidine rings is 1. The minimum Gasteiger partial charge on any atom is -0.348 e. The highest BCUT2D eigenvalue weighted by atomic mass is 19.1. The maximum atomic E-state index is 13.8. The van der Waals surface area contributed by atoms with Crippen molar-refractivity contribution in [3.63, 3.8) is 0 Å². The molecule has 5 rings (SSSR count). The largest absolute Gasteiger partial charge is 0.348 e. The summed E-state index contributed by atoms with van der Waals surface area (Å²) in [6, 6.07) is 6.68. The zero-order valence-electron chi connectivity index (χ0n) is 15.6. The first-order chi connectivity index (χ1) is 13.1. The topological polar surface area (TPSA) is 64.3 Å². The van der Waals surface area contributed by atoms with Crippen LogP contribution in [0.2, 0.25) is 0 Å². The molecular weight excluding hydrogens is 345 g/mol. The van der Waals surface area contributed by atoms with E-state index in [2.05, 4.69) is 20.2 Å². The number of hydrogen-bond donors (Lipinski definition) is 2. The van der Waals surface area contributed by atoms with Gasteiger partial charge in [-0.1, -0.05) is 18.2 Å². The Bertz CT molecular complexity index is 807. The molecule has 2 atom stereocenters. The van der Waals surface area contributed by atoms with Gasteiger partial charge in [-0.2, -0.15) is 0 Å². The molecular formula is C20H26FN5O. The number of H-pyrrole nitrogens is 1. The lowest BCUT2D eigenvalue weighted by Gasteiger charge is -2.36. The summed E-state index contributed by atoms with van der Waals surface area (Å²) >= 11 is 0. The van der Waals surface area contributed by atoms with Crippen molar-refractivity contribution in [2.75, 3.05) is 19.6 Å². The van der Waals surface area contributed by atoms with E-state index in [1.54, 1.807) is 24.5 Å². The third-order valence-electron chi connectivity index (χ3n) is 5.75. The van der Waals surface area contributed by atoms with E-state index < -0.39 is 0 Å². The van der Waals surface area contributed by atoms with Crippen LogP contribution in [0, 0.1) is 18.7 Å². The molecule has 6 nitrogen and oxygen atoms in total. The third-order valence-corrected chi connectivity index (χ3v) is 5.75. The standard InChI is InChI=1S/C20H26FN5O/c1-14-19(24-13-23-14)12-25-9-15-6-7-17(11-25)26(10-15)20(27)22-8-16-4-2-3-5-18(16)21/h2-5,13,15,17H,6-12H2,1H3,(H,22,27)(H,23,24)/t15-,17+/m1/s1. The monoisotopic (exact) mass is 371 g/mol. The Kier molecular flexibility index (Phi) is 5.11. The minimum absolute atomic E-state index is 0.0919. The van der Waals surface area contributed by atoms with Gasteiger partial charge in [-0.05, 0) is 31.7 Å². The molecule has 0 radical (unpaired) electrons. The summed E-state index contributed by atoms with van der Waals surface area (Å²) in [5.41, 5.74) is 2.69. The number of rotatable bonds is 4. The predicted octanol–water partition coefficient (Wildman–Crippen LogP) is 2.66. The number of carbonyl (C=O) groups is 1. The fourth-order valence-electron chi connectivity index (χ4n) is 4.23. The summed E-state index contributed by atoms with van der Waals surface area (Å²) in [6.45, 7) is 5.68. The van der Waals surface area contributed by atoms with Crippen molar-refractivity contribution in [2.24, 2.45) is 5.92 Å². The first-order valence-electron chi connectivity index (χ1n) is 9.59. The van der Waals surface area contributed by atoms with Gasteiger partial charge in [-0.3, -0.25) is 4.90 Å². The summed E-state index contributed by atoms with van der Waals surface area (Å²) in [5, 5.41) is 2.90. The quantitative estimate of drug-likeness (QED) is 0.869. The van der Waals surface area contributed by atoms with Crippen molar-refractivity contribution < 1.29 is 9.18 Å². The second kappa shape index (κ2) is 7.68. The number of imidazole rings is 1. The summed E-state index contributed by atoms with van der Waals surface area (Å²) in [4.78, 5) is 24.7. The number of fused-ring (bicyclic) bond motifs is 4. The minimum atomic E-state index is -0.282. The van der Waals surface area contributed by atoms with Crippen LogP contribution in [0.3, 0.4) is 0 Å². The van der Waals surface area contributed by atoms with Gasteiger partial charge in [0.1, 0.15) is 5.82 Å². The summed E-state index contributed by atoms with van der Waals surface area (Å²) in [7, 11) is 0. The van der Waals surface area contributed by atoms with Gasteiger partial charge in [0.15, 0.2) is 0 Å². The van der Waals surface area contributed by atoms with Gasteiger partial charge in [0.05, 0.1) is 12.0 Å². The molecule has 0 saturated carbocycles. The zero-order chi connectivity index (χ0) is 18.8. The number of hydrogen-bond acceptors (Lipinski definition) is 3. The Labute approximate surface area is 158 Å². The van der Waals surface area contributed by atoms with Crippen molar-refractivity contribution >= 4 is 6.03 Å². The summed E-state index contributed by atoms with van der Waals surface area (Å²) in [5.74, 6) is 0.193. The zero-order valence-corrected chi connectivity index (χ0v) is 15.6. The van der Waals surface area contributed by atoms with Crippen molar-refractivity contribution in [3.8, 4) is 0 Å². The fraction of sp³-hybridized carbons (Fsp3) is 0.500. The van der Waals surface area contributed by atoms with Crippen molar-refractivity contribution in [1.82, 2.24) is 25.1 Å². The van der Waals surface area contributed by atoms with Crippen LogP contribution in [-0.2, 0) is 13.1 Å². The molecule has 4 heterocycles. The number of nitrogens with zero attached hydrogens (tertiary/aromatic N) is 3. The first-order valence-corrected chi connectivity index (χ1v) is 9.59. The molecule has 3 aliphatic rings. The lowest BCUT2D eigenvalue weighted by atomic mass is 9.95. The average Bonchev–Trinajstić information content (AvgIpc) is 2.88. The number of aromatic amines is 1. The van der Waals surface area contributed by atoms with Crippen LogP contribution in [-0.4, -0.2) is 51.5 Å². The van der Waals surface area contributed by atoms with Crippen LogP contribution in [0.4, 0.5) is 9.18 Å². The smallest absolute Gasteiger partial charge is 0.317 e. The molecule has 2 bridgehead atoms. The molecule has 0 aliphatic carbocycles. The maximum absolute atomic E-state index is 13.8. The third kappa shape index (κ3) is 3.98. The molecule has 3 saturated heterocycles. The van der Waals surface area contributed by atoms with Crippen molar-refractivity contribution in [1.29, 1.82) is 0 Å². The van der Waals surface area contributed by atoms with E-state index in [0.29, 0.717) is 11.5 Å². The van der Waals surface area contributed by atoms with E-state index in [-0.39, 0.29) is 24.4 Å². The van der Waals surface area contributed by atoms with E-state index >= 15 is 0 Å². The van der Waals surface area contributed by atoms with Gasteiger partial charge in [0.2, 0.25) is 0 Å². The molecule has 1 aromatic carbocycles. The van der Waals surface area contributed by atoms with E-state index in [0.717, 1.165) is 50.4 Å². The van der Waals surface area contributed by atoms with Crippen LogP contribution in [0.25, 0.3) is 0 Å². The van der Waals surface area contributed by atoms with Crippen molar-refractivity contribution in [2.45, 2.75) is 38.9 Å². The van der Waals surface area contributed by atoms with Crippen LogP contribution in [0.1, 0.15) is 29.8 Å². The molecule has 2 aromatic rings. The number of carbonyl (C=O) groups excluding carboxylic acids is 1. The Morgan fingerprint density at radius 1 is 1.30 bits per heavy atom. The van der Waals surface area contributed by atoms with Gasteiger partial charge in [-0.25, -0.2) is 14.2 Å².